The SMILES string of the molecule is NCCCC[C@H](N)S(N)(=O)=O. The minimum atomic E-state index is -3.55. The lowest BCUT2D eigenvalue weighted by Crippen LogP contribution is -2.36. The van der Waals surface area contributed by atoms with Crippen molar-refractivity contribution in [1.29, 1.82) is 0 Å². The molecule has 68 valence electrons. The van der Waals surface area contributed by atoms with E-state index in [0.717, 1.165) is 6.42 Å². The summed E-state index contributed by atoms with van der Waals surface area (Å²) in [4.78, 5) is 0. The van der Waals surface area contributed by atoms with Crippen LogP contribution in [0, 0.1) is 0 Å². The first-order valence-corrected chi connectivity index (χ1v) is 5.06. The lowest BCUT2D eigenvalue weighted by atomic mass is 10.2. The number of primary sulfonamides is 1. The molecule has 0 aliphatic rings. The molecule has 0 bridgehead atoms. The van der Waals surface area contributed by atoms with Gasteiger partial charge in [0.1, 0.15) is 5.37 Å². The van der Waals surface area contributed by atoms with Crippen LogP contribution >= 0.6 is 0 Å². The summed E-state index contributed by atoms with van der Waals surface area (Å²) in [5.41, 5.74) is 10.4. The molecule has 0 saturated carbocycles. The fraction of sp³-hybridized carbons (Fsp3) is 1.00. The molecule has 0 heterocycles. The molecule has 0 spiro atoms. The molecule has 0 aliphatic carbocycles. The summed E-state index contributed by atoms with van der Waals surface area (Å²) in [7, 11) is -3.55. The van der Waals surface area contributed by atoms with Crippen molar-refractivity contribution in [3.63, 3.8) is 0 Å². The van der Waals surface area contributed by atoms with Crippen molar-refractivity contribution in [2.24, 2.45) is 16.6 Å². The number of rotatable bonds is 5. The van der Waals surface area contributed by atoms with Crippen LogP contribution in [0.1, 0.15) is 19.3 Å². The molecule has 0 aromatic carbocycles. The van der Waals surface area contributed by atoms with Crippen LogP contribution in [0.5, 0.6) is 0 Å². The Labute approximate surface area is 67.0 Å². The molecule has 0 aromatic heterocycles. The Morgan fingerprint density at radius 2 is 1.82 bits per heavy atom. The topological polar surface area (TPSA) is 112 Å². The molecule has 1 atom stereocenters. The second-order valence-corrected chi connectivity index (χ2v) is 4.20. The third-order valence-electron chi connectivity index (χ3n) is 1.36. The van der Waals surface area contributed by atoms with Gasteiger partial charge in [0.15, 0.2) is 0 Å². The Bertz CT molecular complexity index is 190. The van der Waals surface area contributed by atoms with E-state index in [4.69, 9.17) is 16.6 Å². The minimum absolute atomic E-state index is 0.385. The number of sulfonamides is 1. The molecule has 0 aromatic rings. The number of nitrogens with two attached hydrogens (primary N) is 3. The fourth-order valence-corrected chi connectivity index (χ4v) is 1.15. The maximum absolute atomic E-state index is 10.5. The molecule has 0 fully saturated rings. The van der Waals surface area contributed by atoms with Gasteiger partial charge < -0.3 is 11.5 Å². The zero-order valence-electron chi connectivity index (χ0n) is 6.36. The molecule has 0 rings (SSSR count). The van der Waals surface area contributed by atoms with E-state index in [1.165, 1.54) is 0 Å². The van der Waals surface area contributed by atoms with Gasteiger partial charge in [-0.05, 0) is 25.8 Å². The second kappa shape index (κ2) is 4.66. The summed E-state index contributed by atoms with van der Waals surface area (Å²) in [5, 5.41) is 3.84. The Balaban J connectivity index is 3.62. The van der Waals surface area contributed by atoms with Gasteiger partial charge in [-0.3, -0.25) is 0 Å². The third-order valence-corrected chi connectivity index (χ3v) is 2.44. The first kappa shape index (κ1) is 10.8. The average Bonchev–Trinajstić information content (AvgIpc) is 1.86. The molecular formula is C5H15N3O2S. The van der Waals surface area contributed by atoms with E-state index in [1.807, 2.05) is 0 Å². The number of unbranched alkanes of at least 4 members (excludes halogenated alkanes) is 1. The van der Waals surface area contributed by atoms with Gasteiger partial charge in [0.25, 0.3) is 0 Å². The highest BCUT2D eigenvalue weighted by molar-refractivity contribution is 7.89. The van der Waals surface area contributed by atoms with E-state index in [9.17, 15) is 8.42 Å². The normalized spacial score (nSPS) is 14.8. The molecule has 5 nitrogen and oxygen atoms in total. The maximum atomic E-state index is 10.5. The highest BCUT2D eigenvalue weighted by Crippen LogP contribution is 2.00. The Kier molecular flexibility index (Phi) is 4.58. The van der Waals surface area contributed by atoms with Gasteiger partial charge in [0.2, 0.25) is 10.0 Å². The summed E-state index contributed by atoms with van der Waals surface area (Å²) in [6.45, 7) is 0.553. The van der Waals surface area contributed by atoms with E-state index in [1.54, 1.807) is 0 Å². The predicted octanol–water partition coefficient (Wildman–Crippen LogP) is -1.31. The standard InChI is InChI=1S/C5H15N3O2S/c6-4-2-1-3-5(7)11(8,9)10/h5H,1-4,6-7H2,(H2,8,9,10)/t5-/m1/s1. The Morgan fingerprint density at radius 3 is 2.18 bits per heavy atom. The van der Waals surface area contributed by atoms with Gasteiger partial charge in [-0.15, -0.1) is 0 Å². The van der Waals surface area contributed by atoms with Gasteiger partial charge in [0.05, 0.1) is 0 Å². The van der Waals surface area contributed by atoms with Gasteiger partial charge in [-0.2, -0.15) is 0 Å². The van der Waals surface area contributed by atoms with Crippen LogP contribution in [0.2, 0.25) is 0 Å². The van der Waals surface area contributed by atoms with E-state index in [0.29, 0.717) is 19.4 Å². The summed E-state index contributed by atoms with van der Waals surface area (Å²) in [6, 6.07) is 0. The molecule has 0 radical (unpaired) electrons. The van der Waals surface area contributed by atoms with Crippen molar-refractivity contribution in [2.45, 2.75) is 24.6 Å². The lowest BCUT2D eigenvalue weighted by Gasteiger charge is -2.07. The molecule has 6 N–H and O–H groups in total. The van der Waals surface area contributed by atoms with Crippen LogP contribution in [0.4, 0.5) is 0 Å². The summed E-state index contributed by atoms with van der Waals surface area (Å²) in [5.74, 6) is 0. The van der Waals surface area contributed by atoms with Crippen LogP contribution in [-0.4, -0.2) is 20.3 Å². The molecule has 6 heteroatoms. The highest BCUT2D eigenvalue weighted by atomic mass is 32.2. The molecule has 0 saturated heterocycles. The maximum Gasteiger partial charge on any atom is 0.224 e. The van der Waals surface area contributed by atoms with Crippen molar-refractivity contribution >= 4 is 10.0 Å². The Hall–Kier alpha value is -0.170. The van der Waals surface area contributed by atoms with Crippen LogP contribution in [0.25, 0.3) is 0 Å². The number of hydrogen-bond acceptors (Lipinski definition) is 4. The van der Waals surface area contributed by atoms with Crippen molar-refractivity contribution in [3.8, 4) is 0 Å². The second-order valence-electron chi connectivity index (χ2n) is 2.41. The van der Waals surface area contributed by atoms with Crippen molar-refractivity contribution in [1.82, 2.24) is 0 Å². The molecular weight excluding hydrogens is 166 g/mol. The van der Waals surface area contributed by atoms with Crippen LogP contribution in [-0.2, 0) is 10.0 Å². The Morgan fingerprint density at radius 1 is 1.27 bits per heavy atom. The first-order valence-electron chi connectivity index (χ1n) is 3.45. The smallest absolute Gasteiger partial charge is 0.224 e. The van der Waals surface area contributed by atoms with Gasteiger partial charge in [-0.1, -0.05) is 0 Å². The highest BCUT2D eigenvalue weighted by Gasteiger charge is 2.14. The van der Waals surface area contributed by atoms with Crippen molar-refractivity contribution in [2.75, 3.05) is 6.54 Å². The molecule has 0 aliphatic heterocycles. The summed E-state index contributed by atoms with van der Waals surface area (Å²) >= 11 is 0. The largest absolute Gasteiger partial charge is 0.330 e. The molecule has 0 amide bonds. The third kappa shape index (κ3) is 5.14. The van der Waals surface area contributed by atoms with Gasteiger partial charge >= 0.3 is 0 Å². The zero-order chi connectivity index (χ0) is 8.91. The van der Waals surface area contributed by atoms with E-state index in [2.05, 4.69) is 0 Å². The fourth-order valence-electron chi connectivity index (χ4n) is 0.654. The van der Waals surface area contributed by atoms with E-state index < -0.39 is 15.4 Å². The van der Waals surface area contributed by atoms with E-state index in [-0.39, 0.29) is 0 Å². The quantitative estimate of drug-likeness (QED) is 0.457. The number of hydrogen-bond donors (Lipinski definition) is 3. The minimum Gasteiger partial charge on any atom is -0.330 e. The van der Waals surface area contributed by atoms with E-state index >= 15 is 0 Å². The first-order chi connectivity index (χ1) is 4.98. The van der Waals surface area contributed by atoms with Crippen LogP contribution < -0.4 is 16.6 Å². The monoisotopic (exact) mass is 181 g/mol. The zero-order valence-corrected chi connectivity index (χ0v) is 7.18. The van der Waals surface area contributed by atoms with Crippen LogP contribution in [0.15, 0.2) is 0 Å². The summed E-state index contributed by atoms with van der Waals surface area (Å²) in [6.07, 6.45) is 1.87. The average molecular weight is 181 g/mol. The van der Waals surface area contributed by atoms with Crippen molar-refractivity contribution < 1.29 is 8.42 Å². The van der Waals surface area contributed by atoms with Crippen molar-refractivity contribution in [3.05, 3.63) is 0 Å². The lowest BCUT2D eigenvalue weighted by molar-refractivity contribution is 0.566. The van der Waals surface area contributed by atoms with Gasteiger partial charge in [-0.25, -0.2) is 13.6 Å². The van der Waals surface area contributed by atoms with Gasteiger partial charge in [0, 0.05) is 0 Å². The summed E-state index contributed by atoms with van der Waals surface area (Å²) < 4.78 is 21.1. The predicted molar refractivity (Wildman–Crippen MR) is 44.0 cm³/mol. The molecule has 11 heavy (non-hydrogen) atoms. The van der Waals surface area contributed by atoms with Crippen LogP contribution in [0.3, 0.4) is 0 Å². The molecule has 0 unspecified atom stereocenters.